The number of nitrogens with one attached hydrogen (secondary N) is 2. The molecule has 0 unspecified atom stereocenters. The minimum Gasteiger partial charge on any atom is -0.426 e. The first kappa shape index (κ1) is 25.8. The molecule has 2 amide bonds. The van der Waals surface area contributed by atoms with Crippen LogP contribution in [0.4, 0.5) is 0 Å². The number of rotatable bonds is 7. The van der Waals surface area contributed by atoms with E-state index in [1.165, 1.54) is 13.0 Å². The first-order valence-electron chi connectivity index (χ1n) is 11.6. The van der Waals surface area contributed by atoms with E-state index in [-0.39, 0.29) is 23.6 Å². The lowest BCUT2D eigenvalue weighted by molar-refractivity contribution is -0.131. The Bertz CT molecular complexity index is 928. The summed E-state index contributed by atoms with van der Waals surface area (Å²) < 4.78 is 5.32. The van der Waals surface area contributed by atoms with Gasteiger partial charge >= 0.3 is 5.97 Å². The van der Waals surface area contributed by atoms with Crippen LogP contribution < -0.4 is 15.4 Å². The average molecular weight is 451 g/mol. The summed E-state index contributed by atoms with van der Waals surface area (Å²) >= 11 is 0. The number of hydrogen-bond donors (Lipinski definition) is 2. The molecule has 2 rings (SSSR count). The lowest BCUT2D eigenvalue weighted by Gasteiger charge is -2.20. The number of ether oxygens (including phenoxy) is 1. The summed E-state index contributed by atoms with van der Waals surface area (Å²) in [5, 5.41) is 5.81. The maximum absolute atomic E-state index is 13.2. The molecule has 1 aliphatic heterocycles. The highest BCUT2D eigenvalue weighted by atomic mass is 16.5. The quantitative estimate of drug-likeness (QED) is 0.203. The van der Waals surface area contributed by atoms with E-state index in [0.29, 0.717) is 18.4 Å². The number of benzene rings is 1. The highest BCUT2D eigenvalue weighted by Gasteiger charge is 2.21. The molecule has 6 heteroatoms. The van der Waals surface area contributed by atoms with E-state index in [9.17, 15) is 14.4 Å². The largest absolute Gasteiger partial charge is 0.426 e. The lowest BCUT2D eigenvalue weighted by atomic mass is 9.99. The van der Waals surface area contributed by atoms with Gasteiger partial charge in [-0.05, 0) is 50.2 Å². The number of allylic oxidation sites excluding steroid dienone is 5. The zero-order valence-corrected chi connectivity index (χ0v) is 19.5. The third kappa shape index (κ3) is 9.73. The third-order valence-electron chi connectivity index (χ3n) is 5.10. The van der Waals surface area contributed by atoms with Gasteiger partial charge < -0.3 is 15.4 Å². The van der Waals surface area contributed by atoms with Gasteiger partial charge in [-0.3, -0.25) is 14.4 Å². The lowest BCUT2D eigenvalue weighted by Crippen LogP contribution is -2.35. The molecule has 0 spiro atoms. The van der Waals surface area contributed by atoms with Crippen LogP contribution in [-0.4, -0.2) is 23.8 Å². The highest BCUT2D eigenvalue weighted by molar-refractivity contribution is 5.99. The molecular weight excluding hydrogens is 416 g/mol. The Morgan fingerprint density at radius 3 is 2.82 bits per heavy atom. The Kier molecular flexibility index (Phi) is 11.4. The Morgan fingerprint density at radius 2 is 2.03 bits per heavy atom. The molecule has 6 nitrogen and oxygen atoms in total. The summed E-state index contributed by atoms with van der Waals surface area (Å²) in [5.74, 6) is -0.661. The first-order valence-corrected chi connectivity index (χ1v) is 11.6. The zero-order chi connectivity index (χ0) is 23.9. The predicted octanol–water partition coefficient (Wildman–Crippen LogP) is 4.93. The second-order valence-corrected chi connectivity index (χ2v) is 7.86. The van der Waals surface area contributed by atoms with E-state index in [4.69, 9.17) is 4.74 Å². The average Bonchev–Trinajstić information content (AvgIpc) is 2.77. The van der Waals surface area contributed by atoms with Crippen molar-refractivity contribution in [2.24, 2.45) is 0 Å². The van der Waals surface area contributed by atoms with Crippen LogP contribution in [0.15, 0.2) is 66.9 Å². The van der Waals surface area contributed by atoms with Gasteiger partial charge in [-0.1, -0.05) is 61.9 Å². The van der Waals surface area contributed by atoms with Crippen molar-refractivity contribution in [3.8, 4) is 5.75 Å². The van der Waals surface area contributed by atoms with E-state index in [0.717, 1.165) is 37.7 Å². The van der Waals surface area contributed by atoms with E-state index in [1.54, 1.807) is 24.4 Å². The van der Waals surface area contributed by atoms with E-state index in [2.05, 4.69) is 22.8 Å². The van der Waals surface area contributed by atoms with Gasteiger partial charge in [0.1, 0.15) is 5.75 Å². The fraction of sp³-hybridized carbons (Fsp3) is 0.370. The fourth-order valence-electron chi connectivity index (χ4n) is 3.51. The van der Waals surface area contributed by atoms with Crippen molar-refractivity contribution < 1.29 is 19.1 Å². The first-order chi connectivity index (χ1) is 16.0. The summed E-state index contributed by atoms with van der Waals surface area (Å²) in [6.45, 7) is 3.35. The van der Waals surface area contributed by atoms with Crippen molar-refractivity contribution in [1.82, 2.24) is 10.6 Å². The SMILES string of the molecule is CC/C=C/C=C/C(=O)N/C=C/C[C@H]1CCCC/C=C/Cc2cccc(OC(C)=O)c2C(=O)N1. The second kappa shape index (κ2) is 14.6. The molecule has 1 aliphatic rings. The number of esters is 1. The molecule has 1 aromatic rings. The summed E-state index contributed by atoms with van der Waals surface area (Å²) in [7, 11) is 0. The van der Waals surface area contributed by atoms with Gasteiger partial charge in [0.05, 0.1) is 5.56 Å². The number of carbonyl (C=O) groups excluding carboxylic acids is 3. The molecule has 2 N–H and O–H groups in total. The molecule has 33 heavy (non-hydrogen) atoms. The van der Waals surface area contributed by atoms with Crippen LogP contribution in [0.25, 0.3) is 0 Å². The van der Waals surface area contributed by atoms with Gasteiger partial charge in [-0.2, -0.15) is 0 Å². The molecular formula is C27H34N2O4. The number of fused-ring (bicyclic) bond motifs is 1. The van der Waals surface area contributed by atoms with Crippen LogP contribution >= 0.6 is 0 Å². The van der Waals surface area contributed by atoms with Gasteiger partial charge in [-0.25, -0.2) is 0 Å². The molecule has 0 saturated heterocycles. The van der Waals surface area contributed by atoms with Crippen molar-refractivity contribution in [3.63, 3.8) is 0 Å². The van der Waals surface area contributed by atoms with Gasteiger partial charge in [-0.15, -0.1) is 0 Å². The second-order valence-electron chi connectivity index (χ2n) is 7.86. The van der Waals surface area contributed by atoms with E-state index >= 15 is 0 Å². The van der Waals surface area contributed by atoms with Crippen molar-refractivity contribution in [2.75, 3.05) is 0 Å². The smallest absolute Gasteiger partial charge is 0.308 e. The molecule has 0 saturated carbocycles. The molecule has 1 atom stereocenters. The number of amides is 2. The molecule has 176 valence electrons. The van der Waals surface area contributed by atoms with Gasteiger partial charge in [0.25, 0.3) is 5.91 Å². The molecule has 1 aromatic carbocycles. The molecule has 0 radical (unpaired) electrons. The maximum atomic E-state index is 13.2. The zero-order valence-electron chi connectivity index (χ0n) is 19.5. The van der Waals surface area contributed by atoms with Crippen LogP contribution in [0.1, 0.15) is 68.3 Å². The van der Waals surface area contributed by atoms with E-state index in [1.807, 2.05) is 31.2 Å². The third-order valence-corrected chi connectivity index (χ3v) is 5.10. The fourth-order valence-corrected chi connectivity index (χ4v) is 3.51. The van der Waals surface area contributed by atoms with E-state index < -0.39 is 5.97 Å². The number of carbonyl (C=O) groups is 3. The monoisotopic (exact) mass is 450 g/mol. The molecule has 0 fully saturated rings. The van der Waals surface area contributed by atoms with Crippen LogP contribution in [0, 0.1) is 0 Å². The molecule has 0 bridgehead atoms. The van der Waals surface area contributed by atoms with Crippen LogP contribution in [0.3, 0.4) is 0 Å². The van der Waals surface area contributed by atoms with Crippen molar-refractivity contribution in [1.29, 1.82) is 0 Å². The summed E-state index contributed by atoms with van der Waals surface area (Å²) in [5.41, 5.74) is 1.21. The molecule has 0 aliphatic carbocycles. The van der Waals surface area contributed by atoms with Gasteiger partial charge in [0.2, 0.25) is 5.91 Å². The van der Waals surface area contributed by atoms with Crippen molar-refractivity contribution >= 4 is 17.8 Å². The van der Waals surface area contributed by atoms with Crippen molar-refractivity contribution in [3.05, 3.63) is 78.1 Å². The number of hydrogen-bond acceptors (Lipinski definition) is 4. The van der Waals surface area contributed by atoms with Crippen LogP contribution in [-0.2, 0) is 16.0 Å². The van der Waals surface area contributed by atoms with Crippen LogP contribution in [0.5, 0.6) is 5.75 Å². The molecule has 1 heterocycles. The standard InChI is InChI=1S/C27H34N2O4/c1-3-4-5-11-19-25(31)28-20-13-17-23-16-10-8-6-7-9-14-22-15-12-18-24(33-21(2)30)26(22)27(32)29-23/h4-5,7,9,11-13,15,18-20,23H,3,6,8,10,14,16-17H2,1-2H3,(H,28,31)(H,29,32)/b5-4+,9-7+,19-11+,20-13+/t23-/m1/s1. The Balaban J connectivity index is 2.11. The normalized spacial score (nSPS) is 18.4. The Morgan fingerprint density at radius 1 is 1.18 bits per heavy atom. The minimum absolute atomic E-state index is 0.102. The van der Waals surface area contributed by atoms with Crippen LogP contribution in [0.2, 0.25) is 0 Å². The maximum Gasteiger partial charge on any atom is 0.308 e. The predicted molar refractivity (Wildman–Crippen MR) is 131 cm³/mol. The minimum atomic E-state index is -0.465. The summed E-state index contributed by atoms with van der Waals surface area (Å²) in [6.07, 6.45) is 20.5. The summed E-state index contributed by atoms with van der Waals surface area (Å²) in [4.78, 5) is 36.6. The van der Waals surface area contributed by atoms with Gasteiger partial charge in [0.15, 0.2) is 0 Å². The topological polar surface area (TPSA) is 84.5 Å². The summed E-state index contributed by atoms with van der Waals surface area (Å²) in [6, 6.07) is 5.21. The molecule has 0 aromatic heterocycles. The Labute approximate surface area is 196 Å². The van der Waals surface area contributed by atoms with Crippen molar-refractivity contribution in [2.45, 2.75) is 64.8 Å². The Hall–Kier alpha value is -3.41. The van der Waals surface area contributed by atoms with Gasteiger partial charge in [0, 0.05) is 25.2 Å². The highest BCUT2D eigenvalue weighted by Crippen LogP contribution is 2.25.